The van der Waals surface area contributed by atoms with Crippen molar-refractivity contribution in [2.24, 2.45) is 0 Å². The van der Waals surface area contributed by atoms with E-state index in [1.165, 1.54) is 27.6 Å². The number of aliphatic hydroxyl groups excluding tert-OH is 1. The average Bonchev–Trinajstić information content (AvgIpc) is 3.79. The number of thiazole rings is 2. The molecule has 2 aromatic heterocycles. The molecule has 0 bridgehead atoms. The van der Waals surface area contributed by atoms with Gasteiger partial charge in [0, 0.05) is 12.8 Å². The van der Waals surface area contributed by atoms with Gasteiger partial charge in [0.25, 0.3) is 5.19 Å². The average molecular weight is 789 g/mol. The van der Waals surface area contributed by atoms with E-state index in [0.717, 1.165) is 25.3 Å². The van der Waals surface area contributed by atoms with Crippen molar-refractivity contribution in [1.29, 1.82) is 0 Å². The molecule has 3 N–H and O–H groups in total. The van der Waals surface area contributed by atoms with E-state index in [2.05, 4.69) is 9.97 Å². The number of para-hydroxylation sites is 2. The smallest absolute Gasteiger partial charge is 1.00 e. The van der Waals surface area contributed by atoms with E-state index in [-0.39, 0.29) is 56.9 Å². The summed E-state index contributed by atoms with van der Waals surface area (Å²) < 4.78 is 19.0. The zero-order chi connectivity index (χ0) is 37.7. The number of likely N-dealkylation sites (tertiary alicyclic amines) is 2. The van der Waals surface area contributed by atoms with E-state index in [4.69, 9.17) is 30.9 Å². The predicted octanol–water partition coefficient (Wildman–Crippen LogP) is 3.65. The van der Waals surface area contributed by atoms with Crippen LogP contribution in [0.5, 0.6) is 5.19 Å². The molecular formula is C34H42ClN4NaO10S2. The number of fused-ring (bicyclic) bond motifs is 2. The Morgan fingerprint density at radius 3 is 1.71 bits per heavy atom. The number of aliphatic hydroxyl groups is 1. The number of nitrogens with zero attached hydrogens (tertiary/aromatic N) is 4. The van der Waals surface area contributed by atoms with Crippen molar-refractivity contribution in [1.82, 2.24) is 19.8 Å². The molecule has 2 aliphatic heterocycles. The molecule has 2 saturated heterocycles. The normalized spacial score (nSPS) is 19.8. The second kappa shape index (κ2) is 18.2. The minimum atomic E-state index is -1.12. The first-order chi connectivity index (χ1) is 23.8. The number of aliphatic carboxylic acids is 2. The van der Waals surface area contributed by atoms with Gasteiger partial charge in [0.1, 0.15) is 29.4 Å². The molecule has 14 nitrogen and oxygen atoms in total. The second-order valence-electron chi connectivity index (χ2n) is 13.7. The molecule has 2 aliphatic rings. The van der Waals surface area contributed by atoms with E-state index in [1.807, 2.05) is 48.5 Å². The fourth-order valence-corrected chi connectivity index (χ4v) is 7.01. The number of hydrogen-bond donors (Lipinski definition) is 3. The van der Waals surface area contributed by atoms with Gasteiger partial charge in [0.15, 0.2) is 4.47 Å². The number of amides is 2. The molecule has 2 fully saturated rings. The molecule has 18 heteroatoms. The van der Waals surface area contributed by atoms with Crippen LogP contribution in [0.25, 0.3) is 20.4 Å². The number of hydrogen-bond acceptors (Lipinski definition) is 12. The van der Waals surface area contributed by atoms with Crippen LogP contribution in [-0.2, 0) is 19.1 Å². The van der Waals surface area contributed by atoms with Crippen molar-refractivity contribution in [3.63, 3.8) is 0 Å². The number of benzene rings is 2. The number of aromatic nitrogens is 2. The Bertz CT molecular complexity index is 1800. The Morgan fingerprint density at radius 1 is 0.769 bits per heavy atom. The largest absolute Gasteiger partial charge is 1.00 e. The van der Waals surface area contributed by atoms with E-state index < -0.39 is 59.6 Å². The Morgan fingerprint density at radius 2 is 1.23 bits per heavy atom. The Hall–Kier alpha value is -3.25. The fraction of sp³-hybridized carbons (Fsp3) is 0.471. The van der Waals surface area contributed by atoms with Crippen LogP contribution in [-0.4, -0.2) is 108 Å². The molecule has 4 heterocycles. The van der Waals surface area contributed by atoms with Crippen LogP contribution in [0.1, 0.15) is 55.8 Å². The summed E-state index contributed by atoms with van der Waals surface area (Å²) >= 11 is 8.59. The van der Waals surface area contributed by atoms with E-state index in [0.29, 0.717) is 9.66 Å². The molecule has 0 radical (unpaired) electrons. The standard InChI is InChI=1S/C17H20N2O5S.C10H17NO5.C7H4ClNS.Na.H/c1-17(2,3)24-16(22)19-9-10(8-12(19)14(20)21)23-15-18-11-6-4-5-7-13(11)25-15;1-10(2,3)16-9(15)11-5-6(12)4-7(11)8(13)14;8-7-9-5-3-1-2-4-6(5)10-7;;/h4-7,10,12H,8-9H2,1-3H3,(H,20,21);6-7,12H,4-5H2,1-3H3,(H,13,14);1-4H;;/q;;;+1;-1/t10-,12+;6-,7+;;;/m11.../s1. The maximum absolute atomic E-state index is 12.3. The third-order valence-electron chi connectivity index (χ3n) is 7.18. The molecule has 278 valence electrons. The molecule has 0 spiro atoms. The minimum Gasteiger partial charge on any atom is -1.00 e. The summed E-state index contributed by atoms with van der Waals surface area (Å²) in [6.07, 6.45) is -2.33. The van der Waals surface area contributed by atoms with Crippen LogP contribution < -0.4 is 34.3 Å². The van der Waals surface area contributed by atoms with E-state index in [1.54, 1.807) is 41.5 Å². The third-order valence-corrected chi connectivity index (χ3v) is 9.25. The van der Waals surface area contributed by atoms with Gasteiger partial charge < -0.3 is 31.0 Å². The van der Waals surface area contributed by atoms with Crippen molar-refractivity contribution >= 4 is 78.8 Å². The number of carboxylic acids is 2. The molecule has 4 aromatic rings. The van der Waals surface area contributed by atoms with Gasteiger partial charge in [-0.05, 0) is 65.8 Å². The zero-order valence-electron chi connectivity index (χ0n) is 30.9. The van der Waals surface area contributed by atoms with E-state index in [9.17, 15) is 29.4 Å². The van der Waals surface area contributed by atoms with Gasteiger partial charge >= 0.3 is 53.7 Å². The van der Waals surface area contributed by atoms with Crippen molar-refractivity contribution in [2.45, 2.75) is 89.9 Å². The minimum absolute atomic E-state index is 0. The van der Waals surface area contributed by atoms with Gasteiger partial charge in [-0.3, -0.25) is 9.80 Å². The van der Waals surface area contributed by atoms with Crippen molar-refractivity contribution in [2.75, 3.05) is 13.1 Å². The number of β-amino-alcohol motifs (C(OH)–C–C–N with tert-alkyl or cyclic N) is 1. The number of rotatable bonds is 4. The number of halogens is 1. The summed E-state index contributed by atoms with van der Waals surface area (Å²) in [6, 6.07) is 13.6. The summed E-state index contributed by atoms with van der Waals surface area (Å²) in [5, 5.41) is 28.1. The van der Waals surface area contributed by atoms with Crippen molar-refractivity contribution in [3.05, 3.63) is 53.0 Å². The van der Waals surface area contributed by atoms with Gasteiger partial charge in [0.2, 0.25) is 0 Å². The summed E-state index contributed by atoms with van der Waals surface area (Å²) in [5.41, 5.74) is 0.455. The van der Waals surface area contributed by atoms with Gasteiger partial charge in [-0.1, -0.05) is 47.2 Å². The molecule has 0 saturated carbocycles. The SMILES string of the molecule is CC(C)(C)OC(=O)N1C[C@H](O)C[C@H]1C(=O)O.CC(C)(C)OC(=O)N1C[C@H](Oc2nc3ccccc3s2)C[C@H]1C(=O)O.Clc1nc2ccccc2s1.[H-].[Na+]. The molecule has 2 amide bonds. The first kappa shape index (κ1) is 43.2. The van der Waals surface area contributed by atoms with E-state index >= 15 is 0 Å². The molecule has 2 aromatic carbocycles. The Kier molecular flexibility index (Phi) is 15.1. The molecular weight excluding hydrogens is 747 g/mol. The van der Waals surface area contributed by atoms with Gasteiger partial charge in [0.05, 0.1) is 39.6 Å². The summed E-state index contributed by atoms with van der Waals surface area (Å²) in [5.74, 6) is -2.19. The predicted molar refractivity (Wildman–Crippen MR) is 194 cm³/mol. The molecule has 0 unspecified atom stereocenters. The van der Waals surface area contributed by atoms with Crippen LogP contribution in [0, 0.1) is 0 Å². The Labute approximate surface area is 337 Å². The monoisotopic (exact) mass is 788 g/mol. The van der Waals surface area contributed by atoms with Gasteiger partial charge in [-0.25, -0.2) is 29.1 Å². The fourth-order valence-electron chi connectivity index (χ4n) is 5.10. The molecule has 4 atom stereocenters. The van der Waals surface area contributed by atoms with Crippen LogP contribution in [0.15, 0.2) is 48.5 Å². The number of carbonyl (C=O) groups is 4. The van der Waals surface area contributed by atoms with Crippen LogP contribution in [0.4, 0.5) is 9.59 Å². The molecule has 6 rings (SSSR count). The maximum Gasteiger partial charge on any atom is 1.00 e. The molecule has 52 heavy (non-hydrogen) atoms. The summed E-state index contributed by atoms with van der Waals surface area (Å²) in [4.78, 5) is 57.1. The number of ether oxygens (including phenoxy) is 3. The summed E-state index contributed by atoms with van der Waals surface area (Å²) in [6.45, 7) is 10.5. The topological polar surface area (TPSA) is 189 Å². The first-order valence-corrected chi connectivity index (χ1v) is 18.0. The Balaban J connectivity index is 0.000000297. The first-order valence-electron chi connectivity index (χ1n) is 16.0. The summed E-state index contributed by atoms with van der Waals surface area (Å²) in [7, 11) is 0. The number of carbonyl (C=O) groups excluding carboxylic acids is 2. The molecule has 0 aliphatic carbocycles. The third kappa shape index (κ3) is 12.4. The van der Waals surface area contributed by atoms with Crippen molar-refractivity contribution < 1.29 is 79.7 Å². The van der Waals surface area contributed by atoms with Gasteiger partial charge in [-0.15, -0.1) is 11.3 Å². The van der Waals surface area contributed by atoms with Crippen LogP contribution in [0.3, 0.4) is 0 Å². The maximum atomic E-state index is 12.3. The quantitative estimate of drug-likeness (QED) is 0.255. The second-order valence-corrected chi connectivity index (χ2v) is 16.3. The van der Waals surface area contributed by atoms with Gasteiger partial charge in [-0.2, -0.15) is 0 Å². The van der Waals surface area contributed by atoms with Crippen molar-refractivity contribution in [3.8, 4) is 5.19 Å². The van der Waals surface area contributed by atoms with Crippen LogP contribution in [0.2, 0.25) is 4.47 Å². The van der Waals surface area contributed by atoms with Crippen LogP contribution >= 0.6 is 34.3 Å². The number of carboxylic acid groups (broad SMARTS) is 2. The zero-order valence-corrected chi connectivity index (χ0v) is 34.3.